The molecule has 1 heterocycles. The van der Waals surface area contributed by atoms with E-state index < -0.39 is 0 Å². The zero-order valence-electron chi connectivity index (χ0n) is 8.21. The molecule has 0 amide bonds. The Morgan fingerprint density at radius 2 is 2.00 bits per heavy atom. The van der Waals surface area contributed by atoms with E-state index in [9.17, 15) is 0 Å². The lowest BCUT2D eigenvalue weighted by Crippen LogP contribution is -2.57. The number of hydrogen-bond acceptors (Lipinski definition) is 2. The van der Waals surface area contributed by atoms with Crippen LogP contribution in [0.4, 0.5) is 0 Å². The maximum atomic E-state index is 3.44. The number of rotatable bonds is 1. The highest BCUT2D eigenvalue weighted by Gasteiger charge is 2.33. The first-order valence-corrected chi connectivity index (χ1v) is 5.24. The standard InChI is InChI=1S/C10H20N2/c1-8-5-10(6-8)12-4-3-11-7-9(12)2/h8-11H,3-7H2,1-2H3. The molecule has 70 valence electrons. The monoisotopic (exact) mass is 168 g/mol. The van der Waals surface area contributed by atoms with Crippen molar-refractivity contribution in [3.05, 3.63) is 0 Å². The van der Waals surface area contributed by atoms with Gasteiger partial charge in [-0.3, -0.25) is 4.90 Å². The molecule has 1 saturated heterocycles. The Bertz CT molecular complexity index is 152. The molecule has 0 bridgehead atoms. The zero-order valence-corrected chi connectivity index (χ0v) is 8.21. The Hall–Kier alpha value is -0.0800. The largest absolute Gasteiger partial charge is 0.314 e. The summed E-state index contributed by atoms with van der Waals surface area (Å²) < 4.78 is 0. The molecule has 0 aromatic carbocycles. The van der Waals surface area contributed by atoms with Crippen LogP contribution in [0.25, 0.3) is 0 Å². The van der Waals surface area contributed by atoms with Gasteiger partial charge in [0.05, 0.1) is 0 Å². The lowest BCUT2D eigenvalue weighted by atomic mass is 9.80. The first-order chi connectivity index (χ1) is 5.77. The Kier molecular flexibility index (Phi) is 2.37. The zero-order chi connectivity index (χ0) is 8.55. The van der Waals surface area contributed by atoms with Crippen LogP contribution in [0.1, 0.15) is 26.7 Å². The summed E-state index contributed by atoms with van der Waals surface area (Å²) in [5.41, 5.74) is 0. The summed E-state index contributed by atoms with van der Waals surface area (Å²) in [4.78, 5) is 2.69. The van der Waals surface area contributed by atoms with Crippen molar-refractivity contribution in [1.29, 1.82) is 0 Å². The Labute approximate surface area is 75.3 Å². The SMILES string of the molecule is CC1CC(N2CCNCC2C)C1. The van der Waals surface area contributed by atoms with E-state index in [1.165, 1.54) is 32.5 Å². The van der Waals surface area contributed by atoms with Gasteiger partial charge >= 0.3 is 0 Å². The molecule has 2 fully saturated rings. The van der Waals surface area contributed by atoms with E-state index in [1.54, 1.807) is 0 Å². The van der Waals surface area contributed by atoms with Crippen LogP contribution in [0.5, 0.6) is 0 Å². The van der Waals surface area contributed by atoms with Crippen molar-refractivity contribution in [3.63, 3.8) is 0 Å². The minimum absolute atomic E-state index is 0.760. The van der Waals surface area contributed by atoms with Gasteiger partial charge in [0.1, 0.15) is 0 Å². The van der Waals surface area contributed by atoms with Gasteiger partial charge in [-0.15, -0.1) is 0 Å². The molecule has 2 aliphatic rings. The van der Waals surface area contributed by atoms with Gasteiger partial charge < -0.3 is 5.32 Å². The maximum absolute atomic E-state index is 3.44. The van der Waals surface area contributed by atoms with Crippen LogP contribution in [0.3, 0.4) is 0 Å². The average Bonchev–Trinajstić information content (AvgIpc) is 2.01. The summed E-state index contributed by atoms with van der Waals surface area (Å²) in [6.45, 7) is 8.34. The Morgan fingerprint density at radius 3 is 2.58 bits per heavy atom. The normalized spacial score (nSPS) is 44.0. The molecule has 1 unspecified atom stereocenters. The quantitative estimate of drug-likeness (QED) is 0.630. The van der Waals surface area contributed by atoms with Crippen molar-refractivity contribution in [2.75, 3.05) is 19.6 Å². The second-order valence-electron chi connectivity index (χ2n) is 4.52. The summed E-state index contributed by atoms with van der Waals surface area (Å²) in [5.74, 6) is 0.983. The maximum Gasteiger partial charge on any atom is 0.0195 e. The molecule has 0 spiro atoms. The van der Waals surface area contributed by atoms with Crippen LogP contribution in [0.2, 0.25) is 0 Å². The Balaban J connectivity index is 1.85. The summed E-state index contributed by atoms with van der Waals surface area (Å²) in [6, 6.07) is 1.67. The van der Waals surface area contributed by atoms with E-state index in [4.69, 9.17) is 0 Å². The fourth-order valence-electron chi connectivity index (χ4n) is 2.53. The van der Waals surface area contributed by atoms with Crippen LogP contribution >= 0.6 is 0 Å². The third kappa shape index (κ3) is 1.50. The molecule has 1 atom stereocenters. The van der Waals surface area contributed by atoms with E-state index in [0.717, 1.165) is 18.0 Å². The molecule has 2 heteroatoms. The van der Waals surface area contributed by atoms with Crippen molar-refractivity contribution < 1.29 is 0 Å². The predicted molar refractivity (Wildman–Crippen MR) is 51.2 cm³/mol. The summed E-state index contributed by atoms with van der Waals surface area (Å²) in [5, 5.41) is 3.44. The van der Waals surface area contributed by atoms with Gasteiger partial charge in [-0.25, -0.2) is 0 Å². The molecule has 0 aromatic heterocycles. The van der Waals surface area contributed by atoms with Gasteiger partial charge in [-0.1, -0.05) is 6.92 Å². The van der Waals surface area contributed by atoms with Crippen molar-refractivity contribution in [1.82, 2.24) is 10.2 Å². The fourth-order valence-corrected chi connectivity index (χ4v) is 2.53. The van der Waals surface area contributed by atoms with E-state index in [1.807, 2.05) is 0 Å². The Morgan fingerprint density at radius 1 is 1.25 bits per heavy atom. The highest BCUT2D eigenvalue weighted by atomic mass is 15.2. The van der Waals surface area contributed by atoms with Crippen LogP contribution in [-0.2, 0) is 0 Å². The molecule has 1 N–H and O–H groups in total. The van der Waals surface area contributed by atoms with Crippen molar-refractivity contribution >= 4 is 0 Å². The molecule has 0 radical (unpaired) electrons. The van der Waals surface area contributed by atoms with Crippen molar-refractivity contribution in [2.24, 2.45) is 5.92 Å². The molecule has 0 aromatic rings. The third-order valence-corrected chi connectivity index (χ3v) is 3.37. The van der Waals surface area contributed by atoms with Crippen LogP contribution in [0, 0.1) is 5.92 Å². The molecular weight excluding hydrogens is 148 g/mol. The lowest BCUT2D eigenvalue weighted by molar-refractivity contribution is 0.0400. The molecule has 2 nitrogen and oxygen atoms in total. The van der Waals surface area contributed by atoms with Gasteiger partial charge in [-0.05, 0) is 25.7 Å². The van der Waals surface area contributed by atoms with Crippen LogP contribution < -0.4 is 5.32 Å². The average molecular weight is 168 g/mol. The summed E-state index contributed by atoms with van der Waals surface area (Å²) >= 11 is 0. The molecule has 12 heavy (non-hydrogen) atoms. The minimum Gasteiger partial charge on any atom is -0.314 e. The van der Waals surface area contributed by atoms with Gasteiger partial charge in [0, 0.05) is 31.7 Å². The van der Waals surface area contributed by atoms with E-state index in [2.05, 4.69) is 24.1 Å². The molecule has 1 aliphatic heterocycles. The fraction of sp³-hybridized carbons (Fsp3) is 1.00. The van der Waals surface area contributed by atoms with Crippen molar-refractivity contribution in [2.45, 2.75) is 38.8 Å². The number of nitrogens with one attached hydrogen (secondary N) is 1. The highest BCUT2D eigenvalue weighted by molar-refractivity contribution is 4.89. The molecule has 1 aliphatic carbocycles. The number of nitrogens with zero attached hydrogens (tertiary/aromatic N) is 1. The molecule has 2 rings (SSSR count). The van der Waals surface area contributed by atoms with Gasteiger partial charge in [0.25, 0.3) is 0 Å². The minimum atomic E-state index is 0.760. The third-order valence-electron chi connectivity index (χ3n) is 3.37. The predicted octanol–water partition coefficient (Wildman–Crippen LogP) is 1.08. The van der Waals surface area contributed by atoms with Gasteiger partial charge in [-0.2, -0.15) is 0 Å². The number of piperazine rings is 1. The second-order valence-corrected chi connectivity index (χ2v) is 4.52. The topological polar surface area (TPSA) is 15.3 Å². The van der Waals surface area contributed by atoms with E-state index in [0.29, 0.717) is 0 Å². The van der Waals surface area contributed by atoms with E-state index in [-0.39, 0.29) is 0 Å². The van der Waals surface area contributed by atoms with Gasteiger partial charge in [0.2, 0.25) is 0 Å². The summed E-state index contributed by atoms with van der Waals surface area (Å²) in [6.07, 6.45) is 2.87. The summed E-state index contributed by atoms with van der Waals surface area (Å²) in [7, 11) is 0. The smallest absolute Gasteiger partial charge is 0.0195 e. The van der Waals surface area contributed by atoms with Crippen LogP contribution in [-0.4, -0.2) is 36.6 Å². The first kappa shape index (κ1) is 8.52. The van der Waals surface area contributed by atoms with E-state index >= 15 is 0 Å². The molecular formula is C10H20N2. The van der Waals surface area contributed by atoms with Crippen molar-refractivity contribution in [3.8, 4) is 0 Å². The highest BCUT2D eigenvalue weighted by Crippen LogP contribution is 2.32. The lowest BCUT2D eigenvalue weighted by Gasteiger charge is -2.46. The van der Waals surface area contributed by atoms with Gasteiger partial charge in [0.15, 0.2) is 0 Å². The molecule has 1 saturated carbocycles. The first-order valence-electron chi connectivity index (χ1n) is 5.24. The number of hydrogen-bond donors (Lipinski definition) is 1. The second kappa shape index (κ2) is 3.35. The van der Waals surface area contributed by atoms with Crippen LogP contribution in [0.15, 0.2) is 0 Å².